The second-order valence-electron chi connectivity index (χ2n) is 5.40. The molecule has 0 radical (unpaired) electrons. The number of rotatable bonds is 5. The van der Waals surface area contributed by atoms with E-state index in [1.54, 1.807) is 30.5 Å². The molecule has 0 spiro atoms. The summed E-state index contributed by atoms with van der Waals surface area (Å²) in [6.07, 6.45) is 2.51. The number of benzene rings is 1. The Morgan fingerprint density at radius 1 is 1.08 bits per heavy atom. The van der Waals surface area contributed by atoms with Crippen LogP contribution >= 0.6 is 0 Å². The molecule has 1 N–H and O–H groups in total. The Hall–Kier alpha value is -3.08. The van der Waals surface area contributed by atoms with E-state index in [9.17, 15) is 9.59 Å². The topological polar surface area (TPSA) is 64.2 Å². The van der Waals surface area contributed by atoms with Gasteiger partial charge >= 0.3 is 0 Å². The predicted molar refractivity (Wildman–Crippen MR) is 92.3 cm³/mol. The lowest BCUT2D eigenvalue weighted by molar-refractivity contribution is 0.0994. The first-order valence-electron chi connectivity index (χ1n) is 7.81. The van der Waals surface area contributed by atoms with Crippen molar-refractivity contribution >= 4 is 11.6 Å². The van der Waals surface area contributed by atoms with E-state index in [2.05, 4.69) is 5.32 Å². The van der Waals surface area contributed by atoms with E-state index in [0.29, 0.717) is 12.3 Å². The van der Waals surface area contributed by atoms with Crippen LogP contribution in [0.1, 0.15) is 28.8 Å². The molecule has 5 nitrogen and oxygen atoms in total. The zero-order valence-corrected chi connectivity index (χ0v) is 13.4. The third-order valence-electron chi connectivity index (χ3n) is 3.76. The van der Waals surface area contributed by atoms with Gasteiger partial charge in [0.1, 0.15) is 5.76 Å². The standard InChI is InChI=1S/C19H18N2O3/c1-2-14-7-3-4-8-16(14)20-19(23)17-11-10-15(24-17)13-21-12-6-5-9-18(21)22/h3-12H,2,13H2,1H3,(H,20,23). The lowest BCUT2D eigenvalue weighted by Gasteiger charge is -2.08. The molecular formula is C19H18N2O3. The predicted octanol–water partition coefficient (Wildman–Crippen LogP) is 3.30. The largest absolute Gasteiger partial charge is 0.454 e. The van der Waals surface area contributed by atoms with Gasteiger partial charge in [0.15, 0.2) is 5.76 Å². The number of aromatic nitrogens is 1. The van der Waals surface area contributed by atoms with Crippen LogP contribution in [0.4, 0.5) is 5.69 Å². The summed E-state index contributed by atoms with van der Waals surface area (Å²) in [5, 5.41) is 2.87. The number of pyridine rings is 1. The van der Waals surface area contributed by atoms with Crippen LogP contribution in [0.5, 0.6) is 0 Å². The number of carbonyl (C=O) groups is 1. The van der Waals surface area contributed by atoms with E-state index in [1.165, 1.54) is 10.6 Å². The molecule has 2 aromatic heterocycles. The van der Waals surface area contributed by atoms with Gasteiger partial charge < -0.3 is 14.3 Å². The summed E-state index contributed by atoms with van der Waals surface area (Å²) in [5.74, 6) is 0.472. The van der Waals surface area contributed by atoms with Gasteiger partial charge in [-0.1, -0.05) is 31.2 Å². The summed E-state index contributed by atoms with van der Waals surface area (Å²) in [7, 11) is 0. The minimum absolute atomic E-state index is 0.114. The van der Waals surface area contributed by atoms with Crippen LogP contribution < -0.4 is 10.9 Å². The fourth-order valence-corrected chi connectivity index (χ4v) is 2.48. The van der Waals surface area contributed by atoms with Gasteiger partial charge in [0.05, 0.1) is 6.54 Å². The van der Waals surface area contributed by atoms with Crippen molar-refractivity contribution in [2.24, 2.45) is 0 Å². The maximum atomic E-state index is 12.3. The minimum Gasteiger partial charge on any atom is -0.454 e. The first kappa shape index (κ1) is 15.8. The molecule has 0 unspecified atom stereocenters. The van der Waals surface area contributed by atoms with Crippen molar-refractivity contribution in [3.63, 3.8) is 0 Å². The monoisotopic (exact) mass is 322 g/mol. The number of carbonyl (C=O) groups excluding carboxylic acids is 1. The summed E-state index contributed by atoms with van der Waals surface area (Å²) < 4.78 is 7.10. The number of aryl methyl sites for hydroxylation is 1. The molecular weight excluding hydrogens is 304 g/mol. The lowest BCUT2D eigenvalue weighted by Crippen LogP contribution is -2.18. The van der Waals surface area contributed by atoms with Crippen molar-refractivity contribution in [2.75, 3.05) is 5.32 Å². The molecule has 0 fully saturated rings. The summed E-state index contributed by atoms with van der Waals surface area (Å²) >= 11 is 0. The van der Waals surface area contributed by atoms with Crippen LogP contribution in [0.3, 0.4) is 0 Å². The van der Waals surface area contributed by atoms with Crippen LogP contribution in [-0.2, 0) is 13.0 Å². The zero-order chi connectivity index (χ0) is 16.9. The fourth-order valence-electron chi connectivity index (χ4n) is 2.48. The van der Waals surface area contributed by atoms with Crippen molar-refractivity contribution in [3.05, 3.63) is 88.2 Å². The van der Waals surface area contributed by atoms with Gasteiger partial charge in [0.2, 0.25) is 0 Å². The number of hydrogen-bond acceptors (Lipinski definition) is 3. The van der Waals surface area contributed by atoms with E-state index < -0.39 is 0 Å². The van der Waals surface area contributed by atoms with Gasteiger partial charge in [0.25, 0.3) is 11.5 Å². The highest BCUT2D eigenvalue weighted by Gasteiger charge is 2.13. The molecule has 0 aliphatic carbocycles. The Balaban J connectivity index is 1.74. The van der Waals surface area contributed by atoms with Gasteiger partial charge in [-0.3, -0.25) is 9.59 Å². The number of nitrogens with zero attached hydrogens (tertiary/aromatic N) is 1. The van der Waals surface area contributed by atoms with Crippen LogP contribution in [0.15, 0.2) is 70.0 Å². The second-order valence-corrected chi connectivity index (χ2v) is 5.40. The highest BCUT2D eigenvalue weighted by atomic mass is 16.4. The van der Waals surface area contributed by atoms with Crippen LogP contribution in [-0.4, -0.2) is 10.5 Å². The lowest BCUT2D eigenvalue weighted by atomic mass is 10.1. The number of furan rings is 1. The second kappa shape index (κ2) is 7.00. The molecule has 3 rings (SSSR count). The van der Waals surface area contributed by atoms with Crippen molar-refractivity contribution in [2.45, 2.75) is 19.9 Å². The molecule has 0 atom stereocenters. The third kappa shape index (κ3) is 3.46. The molecule has 0 aliphatic rings. The average molecular weight is 322 g/mol. The maximum absolute atomic E-state index is 12.3. The first-order valence-corrected chi connectivity index (χ1v) is 7.81. The molecule has 0 bridgehead atoms. The maximum Gasteiger partial charge on any atom is 0.291 e. The van der Waals surface area contributed by atoms with E-state index in [1.807, 2.05) is 31.2 Å². The van der Waals surface area contributed by atoms with Crippen molar-refractivity contribution in [1.82, 2.24) is 4.57 Å². The van der Waals surface area contributed by atoms with E-state index in [0.717, 1.165) is 17.7 Å². The number of para-hydroxylation sites is 1. The molecule has 1 amide bonds. The quantitative estimate of drug-likeness (QED) is 0.784. The summed E-state index contributed by atoms with van der Waals surface area (Å²) in [5.41, 5.74) is 1.73. The molecule has 2 heterocycles. The van der Waals surface area contributed by atoms with Crippen molar-refractivity contribution < 1.29 is 9.21 Å². The number of nitrogens with one attached hydrogen (secondary N) is 1. The number of hydrogen-bond donors (Lipinski definition) is 1. The van der Waals surface area contributed by atoms with Crippen LogP contribution in [0.25, 0.3) is 0 Å². The Morgan fingerprint density at radius 2 is 1.88 bits per heavy atom. The fraction of sp³-hybridized carbons (Fsp3) is 0.158. The van der Waals surface area contributed by atoms with Crippen LogP contribution in [0.2, 0.25) is 0 Å². The van der Waals surface area contributed by atoms with Gasteiger partial charge in [-0.2, -0.15) is 0 Å². The number of anilines is 1. The smallest absolute Gasteiger partial charge is 0.291 e. The molecule has 1 aromatic carbocycles. The van der Waals surface area contributed by atoms with E-state index in [4.69, 9.17) is 4.42 Å². The Labute approximate surface area is 139 Å². The minimum atomic E-state index is -0.303. The summed E-state index contributed by atoms with van der Waals surface area (Å²) in [6, 6.07) is 15.9. The van der Waals surface area contributed by atoms with Gasteiger partial charge in [-0.05, 0) is 36.2 Å². The van der Waals surface area contributed by atoms with E-state index >= 15 is 0 Å². The van der Waals surface area contributed by atoms with Crippen LogP contribution in [0, 0.1) is 0 Å². The Kier molecular flexibility index (Phi) is 4.61. The van der Waals surface area contributed by atoms with Gasteiger partial charge in [-0.25, -0.2) is 0 Å². The average Bonchev–Trinajstić information content (AvgIpc) is 3.06. The molecule has 0 saturated carbocycles. The third-order valence-corrected chi connectivity index (χ3v) is 3.76. The highest BCUT2D eigenvalue weighted by molar-refractivity contribution is 6.02. The highest BCUT2D eigenvalue weighted by Crippen LogP contribution is 2.17. The zero-order valence-electron chi connectivity index (χ0n) is 13.4. The molecule has 24 heavy (non-hydrogen) atoms. The van der Waals surface area contributed by atoms with E-state index in [-0.39, 0.29) is 17.2 Å². The normalized spacial score (nSPS) is 10.5. The van der Waals surface area contributed by atoms with Crippen molar-refractivity contribution in [1.29, 1.82) is 0 Å². The molecule has 122 valence electrons. The molecule has 5 heteroatoms. The summed E-state index contributed by atoms with van der Waals surface area (Å²) in [6.45, 7) is 2.33. The first-order chi connectivity index (χ1) is 11.7. The molecule has 3 aromatic rings. The summed E-state index contributed by atoms with van der Waals surface area (Å²) in [4.78, 5) is 24.1. The Bertz CT molecular complexity index is 908. The Morgan fingerprint density at radius 3 is 2.67 bits per heavy atom. The van der Waals surface area contributed by atoms with Crippen molar-refractivity contribution in [3.8, 4) is 0 Å². The SMILES string of the molecule is CCc1ccccc1NC(=O)c1ccc(Cn2ccccc2=O)o1. The molecule has 0 saturated heterocycles. The van der Waals surface area contributed by atoms with Gasteiger partial charge in [0, 0.05) is 18.0 Å². The van der Waals surface area contributed by atoms with Gasteiger partial charge in [-0.15, -0.1) is 0 Å². The number of amides is 1. The molecule has 0 aliphatic heterocycles.